The molecule has 0 aromatic heterocycles. The van der Waals surface area contributed by atoms with Crippen LogP contribution in [0.3, 0.4) is 0 Å². The molecular formula is C9H11NO2. The molecule has 0 radical (unpaired) electrons. The number of nitro groups is 1. The first-order valence-electron chi connectivity index (χ1n) is 5.53. The van der Waals surface area contributed by atoms with E-state index in [2.05, 4.69) is 0 Å². The molecule has 64 valence electrons. The maximum Gasteiger partial charge on any atom is 0.269 e. The first-order chi connectivity index (χ1) is 7.29. The van der Waals surface area contributed by atoms with E-state index in [0.717, 1.165) is 0 Å². The van der Waals surface area contributed by atoms with Crippen LogP contribution in [0.5, 0.6) is 0 Å². The molecule has 0 unspecified atom stereocenters. The summed E-state index contributed by atoms with van der Waals surface area (Å²) >= 11 is 0. The number of hydrogen-bond donors (Lipinski definition) is 0. The number of hydrogen-bond acceptors (Lipinski definition) is 2. The van der Waals surface area contributed by atoms with Crippen LogP contribution < -0.4 is 0 Å². The van der Waals surface area contributed by atoms with Gasteiger partial charge in [-0.3, -0.25) is 10.1 Å². The largest absolute Gasteiger partial charge is 0.269 e. The van der Waals surface area contributed by atoms with Crippen molar-refractivity contribution in [3.63, 3.8) is 0 Å². The van der Waals surface area contributed by atoms with Gasteiger partial charge in [0.2, 0.25) is 0 Å². The highest BCUT2D eigenvalue weighted by Gasteiger charge is 2.04. The summed E-state index contributed by atoms with van der Waals surface area (Å²) in [5, 5.41) is 10.6. The van der Waals surface area contributed by atoms with Crippen molar-refractivity contribution in [3.05, 3.63) is 39.8 Å². The first-order valence-corrected chi connectivity index (χ1v) is 3.53. The summed E-state index contributed by atoms with van der Waals surface area (Å²) in [4.78, 5) is 9.74. The lowest BCUT2D eigenvalue weighted by molar-refractivity contribution is -0.384. The monoisotopic (exact) mass is 169 g/mol. The van der Waals surface area contributed by atoms with Crippen LogP contribution in [-0.4, -0.2) is 4.92 Å². The summed E-state index contributed by atoms with van der Waals surface area (Å²) in [5.41, 5.74) is -0.556. The summed E-state index contributed by atoms with van der Waals surface area (Å²) in [6.07, 6.45) is 0. The Morgan fingerprint density at radius 1 is 1.42 bits per heavy atom. The molecule has 3 heteroatoms. The SMILES string of the molecule is [2H]c1c([2H])c([N+](=O)[O-])c([2H])c([2H])c1C(C)C. The van der Waals surface area contributed by atoms with Gasteiger partial charge in [0.1, 0.15) is 0 Å². The average molecular weight is 169 g/mol. The van der Waals surface area contributed by atoms with Gasteiger partial charge < -0.3 is 0 Å². The molecule has 0 atom stereocenters. The Morgan fingerprint density at radius 3 is 2.25 bits per heavy atom. The van der Waals surface area contributed by atoms with Crippen LogP contribution in [0.1, 0.15) is 30.8 Å². The fourth-order valence-corrected chi connectivity index (χ4v) is 0.696. The van der Waals surface area contributed by atoms with Gasteiger partial charge in [-0.05, 0) is 11.5 Å². The van der Waals surface area contributed by atoms with E-state index >= 15 is 0 Å². The van der Waals surface area contributed by atoms with Crippen LogP contribution >= 0.6 is 0 Å². The lowest BCUT2D eigenvalue weighted by Gasteiger charge is -2.02. The minimum absolute atomic E-state index is 0.209. The van der Waals surface area contributed by atoms with Gasteiger partial charge in [-0.2, -0.15) is 0 Å². The van der Waals surface area contributed by atoms with Crippen LogP contribution in [-0.2, 0) is 0 Å². The van der Waals surface area contributed by atoms with E-state index in [-0.39, 0.29) is 23.6 Å². The fourth-order valence-electron chi connectivity index (χ4n) is 0.696. The predicted molar refractivity (Wildman–Crippen MR) is 47.2 cm³/mol. The van der Waals surface area contributed by atoms with E-state index in [9.17, 15) is 10.1 Å². The smallest absolute Gasteiger partial charge is 0.258 e. The van der Waals surface area contributed by atoms with Crippen LogP contribution in [0.15, 0.2) is 24.2 Å². The standard InChI is InChI=1S/C9H11NO2/c1-7(2)8-3-5-9(6-4-8)10(11)12/h3-7H,1-2H3/i3D,4D,5D,6D. The highest BCUT2D eigenvalue weighted by Crippen LogP contribution is 2.17. The van der Waals surface area contributed by atoms with Gasteiger partial charge in [-0.15, -0.1) is 0 Å². The number of nitro benzene ring substituents is 1. The van der Waals surface area contributed by atoms with Crippen molar-refractivity contribution in [3.8, 4) is 0 Å². The summed E-state index contributed by atoms with van der Waals surface area (Å²) in [6.45, 7) is 3.44. The molecule has 1 aromatic rings. The van der Waals surface area contributed by atoms with Crippen molar-refractivity contribution in [2.75, 3.05) is 0 Å². The lowest BCUT2D eigenvalue weighted by Crippen LogP contribution is -1.90. The highest BCUT2D eigenvalue weighted by molar-refractivity contribution is 5.33. The van der Waals surface area contributed by atoms with Crippen molar-refractivity contribution in [1.29, 1.82) is 0 Å². The molecule has 0 aliphatic heterocycles. The van der Waals surface area contributed by atoms with Crippen molar-refractivity contribution in [2.45, 2.75) is 19.8 Å². The van der Waals surface area contributed by atoms with Gasteiger partial charge in [0.15, 0.2) is 0 Å². The molecule has 0 fully saturated rings. The molecular weight excluding hydrogens is 154 g/mol. The minimum Gasteiger partial charge on any atom is -0.258 e. The molecule has 0 saturated heterocycles. The van der Waals surface area contributed by atoms with Gasteiger partial charge >= 0.3 is 0 Å². The predicted octanol–water partition coefficient (Wildman–Crippen LogP) is 2.72. The molecule has 0 saturated carbocycles. The average Bonchev–Trinajstić information content (AvgIpc) is 2.14. The second kappa shape index (κ2) is 3.34. The minimum atomic E-state index is -0.884. The van der Waals surface area contributed by atoms with E-state index in [1.54, 1.807) is 13.8 Å². The van der Waals surface area contributed by atoms with Gasteiger partial charge in [0, 0.05) is 12.1 Å². The van der Waals surface area contributed by atoms with E-state index in [1.807, 2.05) is 0 Å². The molecule has 0 spiro atoms. The normalized spacial score (nSPS) is 14.9. The van der Waals surface area contributed by atoms with E-state index in [4.69, 9.17) is 5.48 Å². The maximum absolute atomic E-state index is 10.6. The van der Waals surface area contributed by atoms with Gasteiger partial charge in [0.25, 0.3) is 5.69 Å². The van der Waals surface area contributed by atoms with E-state index in [0.29, 0.717) is 0 Å². The third-order valence-electron chi connectivity index (χ3n) is 1.39. The fraction of sp³-hybridized carbons (Fsp3) is 0.333. The van der Waals surface area contributed by atoms with Crippen LogP contribution in [0.25, 0.3) is 0 Å². The molecule has 12 heavy (non-hydrogen) atoms. The summed E-state index contributed by atoms with van der Waals surface area (Å²) in [6, 6.07) is -1.84. The molecule has 0 aliphatic carbocycles. The molecule has 0 aliphatic rings. The third kappa shape index (κ3) is 1.81. The molecule has 1 rings (SSSR count). The Labute approximate surface area is 76.8 Å². The molecule has 0 amide bonds. The molecule has 0 heterocycles. The Bertz CT molecular complexity index is 430. The second-order valence-corrected chi connectivity index (χ2v) is 2.67. The molecule has 0 N–H and O–H groups in total. The summed E-state index contributed by atoms with van der Waals surface area (Å²) in [5.74, 6) is -0.214. The second-order valence-electron chi connectivity index (χ2n) is 2.67. The maximum atomic E-state index is 10.6. The molecule has 0 bridgehead atoms. The summed E-state index contributed by atoms with van der Waals surface area (Å²) < 4.78 is 30.1. The van der Waals surface area contributed by atoms with Crippen LogP contribution in [0.4, 0.5) is 5.69 Å². The zero-order chi connectivity index (χ0) is 12.6. The number of rotatable bonds is 2. The van der Waals surface area contributed by atoms with Gasteiger partial charge in [-0.1, -0.05) is 25.9 Å². The molecule has 1 aromatic carbocycles. The topological polar surface area (TPSA) is 43.1 Å². The quantitative estimate of drug-likeness (QED) is 0.504. The highest BCUT2D eigenvalue weighted by atomic mass is 16.6. The van der Waals surface area contributed by atoms with E-state index < -0.39 is 22.7 Å². The van der Waals surface area contributed by atoms with Crippen molar-refractivity contribution >= 4 is 5.69 Å². The van der Waals surface area contributed by atoms with Crippen LogP contribution in [0, 0.1) is 10.1 Å². The van der Waals surface area contributed by atoms with Crippen molar-refractivity contribution in [1.82, 2.24) is 0 Å². The lowest BCUT2D eigenvalue weighted by atomic mass is 10.0. The zero-order valence-electron chi connectivity index (χ0n) is 10.8. The Kier molecular flexibility index (Phi) is 1.28. The van der Waals surface area contributed by atoms with Crippen molar-refractivity contribution < 1.29 is 10.4 Å². The first kappa shape index (κ1) is 4.60. The Morgan fingerprint density at radius 2 is 1.92 bits per heavy atom. The number of nitrogens with zero attached hydrogens (tertiary/aromatic N) is 1. The number of benzene rings is 1. The summed E-state index contributed by atoms with van der Waals surface area (Å²) in [7, 11) is 0. The van der Waals surface area contributed by atoms with Crippen LogP contribution in [0.2, 0.25) is 0 Å². The Hall–Kier alpha value is -1.38. The molecule has 3 nitrogen and oxygen atoms in total. The van der Waals surface area contributed by atoms with Gasteiger partial charge in [0.05, 0.1) is 10.4 Å². The third-order valence-corrected chi connectivity index (χ3v) is 1.39. The van der Waals surface area contributed by atoms with E-state index in [1.165, 1.54) is 0 Å². The Balaban J connectivity index is 3.70. The van der Waals surface area contributed by atoms with Gasteiger partial charge in [-0.25, -0.2) is 0 Å². The zero-order valence-corrected chi connectivity index (χ0v) is 6.84. The van der Waals surface area contributed by atoms with Crippen molar-refractivity contribution in [2.24, 2.45) is 0 Å².